The molecule has 0 unspecified atom stereocenters. The molecule has 6 heteroatoms. The van der Waals surface area contributed by atoms with E-state index in [9.17, 15) is 20.2 Å². The topological polar surface area (TPSA) is 87.2 Å². The second-order valence-corrected chi connectivity index (χ2v) is 5.77. The first kappa shape index (κ1) is 15.7. The van der Waals surface area contributed by atoms with Gasteiger partial charge in [-0.3, -0.25) is 14.9 Å². The molecular weight excluding hydrogens is 306 g/mol. The van der Waals surface area contributed by atoms with Crippen molar-refractivity contribution in [3.63, 3.8) is 0 Å². The Bertz CT molecular complexity index is 884. The van der Waals surface area contributed by atoms with Gasteiger partial charge in [0.25, 0.3) is 5.69 Å². The fraction of sp³-hybridized carbons (Fsp3) is 0.222. The minimum Gasteiger partial charge on any atom is -0.308 e. The summed E-state index contributed by atoms with van der Waals surface area (Å²) in [4.78, 5) is 24.5. The van der Waals surface area contributed by atoms with Gasteiger partial charge in [-0.15, -0.1) is 0 Å². The fourth-order valence-corrected chi connectivity index (χ4v) is 3.02. The lowest BCUT2D eigenvalue weighted by atomic mass is 9.98. The Labute approximate surface area is 139 Å². The predicted molar refractivity (Wildman–Crippen MR) is 88.5 cm³/mol. The molecule has 1 aliphatic rings. The number of carbonyl (C=O) groups excluding carboxylic acids is 1. The van der Waals surface area contributed by atoms with Gasteiger partial charge in [-0.2, -0.15) is 5.26 Å². The van der Waals surface area contributed by atoms with Crippen LogP contribution in [0.15, 0.2) is 36.4 Å². The highest BCUT2D eigenvalue weighted by Gasteiger charge is 2.26. The summed E-state index contributed by atoms with van der Waals surface area (Å²) in [6.45, 7) is 2.14. The average Bonchev–Trinajstić information content (AvgIpc) is 2.57. The van der Waals surface area contributed by atoms with Crippen LogP contribution >= 0.6 is 0 Å². The highest BCUT2D eigenvalue weighted by atomic mass is 16.6. The molecule has 0 bridgehead atoms. The Morgan fingerprint density at radius 1 is 1.29 bits per heavy atom. The molecule has 0 saturated heterocycles. The summed E-state index contributed by atoms with van der Waals surface area (Å²) in [7, 11) is 0. The highest BCUT2D eigenvalue weighted by Crippen LogP contribution is 2.32. The maximum absolute atomic E-state index is 12.4. The number of benzene rings is 2. The molecule has 0 fully saturated rings. The van der Waals surface area contributed by atoms with Gasteiger partial charge in [-0.05, 0) is 36.1 Å². The molecule has 3 rings (SSSR count). The monoisotopic (exact) mass is 321 g/mol. The lowest BCUT2D eigenvalue weighted by Gasteiger charge is -2.29. The molecule has 0 saturated carbocycles. The number of hydrogen-bond acceptors (Lipinski definition) is 4. The molecule has 0 atom stereocenters. The number of nitro benzene ring substituents is 1. The number of nitro groups is 1. The number of hydrogen-bond donors (Lipinski definition) is 0. The number of carbonyl (C=O) groups is 1. The number of aryl methyl sites for hydroxylation is 2. The van der Waals surface area contributed by atoms with Gasteiger partial charge in [0, 0.05) is 24.2 Å². The maximum Gasteiger partial charge on any atom is 0.269 e. The van der Waals surface area contributed by atoms with Gasteiger partial charge in [-0.1, -0.05) is 18.2 Å². The van der Waals surface area contributed by atoms with Gasteiger partial charge in [0.05, 0.1) is 23.1 Å². The average molecular weight is 321 g/mol. The molecule has 0 aromatic heterocycles. The lowest BCUT2D eigenvalue weighted by molar-refractivity contribution is -0.384. The Kier molecular flexibility index (Phi) is 4.00. The van der Waals surface area contributed by atoms with Crippen molar-refractivity contribution in [3.05, 3.63) is 68.8 Å². The van der Waals surface area contributed by atoms with Crippen LogP contribution in [0.1, 0.15) is 28.7 Å². The van der Waals surface area contributed by atoms with E-state index in [-0.39, 0.29) is 18.1 Å². The highest BCUT2D eigenvalue weighted by molar-refractivity contribution is 5.96. The lowest BCUT2D eigenvalue weighted by Crippen LogP contribution is -2.34. The van der Waals surface area contributed by atoms with Gasteiger partial charge in [-0.25, -0.2) is 0 Å². The number of amides is 1. The zero-order chi connectivity index (χ0) is 17.3. The molecule has 24 heavy (non-hydrogen) atoms. The number of rotatable bonds is 3. The molecule has 2 aromatic rings. The Morgan fingerprint density at radius 2 is 2.08 bits per heavy atom. The van der Waals surface area contributed by atoms with Crippen LogP contribution in [0.3, 0.4) is 0 Å². The Balaban J connectivity index is 2.01. The van der Waals surface area contributed by atoms with Crippen LogP contribution in [0.4, 0.5) is 11.4 Å². The van der Waals surface area contributed by atoms with E-state index in [2.05, 4.69) is 6.07 Å². The zero-order valence-electron chi connectivity index (χ0n) is 13.2. The summed E-state index contributed by atoms with van der Waals surface area (Å²) in [6, 6.07) is 12.3. The normalized spacial score (nSPS) is 13.3. The van der Waals surface area contributed by atoms with E-state index in [0.29, 0.717) is 24.1 Å². The van der Waals surface area contributed by atoms with E-state index in [1.165, 1.54) is 12.1 Å². The predicted octanol–water partition coefficient (Wildman–Crippen LogP) is 3.25. The molecule has 0 radical (unpaired) electrons. The molecule has 1 aliphatic heterocycles. The Hall–Kier alpha value is -3.20. The van der Waals surface area contributed by atoms with Crippen molar-refractivity contribution in [3.8, 4) is 6.07 Å². The largest absolute Gasteiger partial charge is 0.308 e. The smallest absolute Gasteiger partial charge is 0.269 e. The van der Waals surface area contributed by atoms with Crippen molar-refractivity contribution in [1.82, 2.24) is 0 Å². The number of nitriles is 1. The van der Waals surface area contributed by atoms with Crippen LogP contribution in [-0.4, -0.2) is 10.8 Å². The van der Waals surface area contributed by atoms with Crippen molar-refractivity contribution < 1.29 is 9.72 Å². The quantitative estimate of drug-likeness (QED) is 0.641. The minimum atomic E-state index is -0.435. The number of nitrogens with zero attached hydrogens (tertiary/aromatic N) is 3. The van der Waals surface area contributed by atoms with Crippen LogP contribution in [0.2, 0.25) is 0 Å². The first-order chi connectivity index (χ1) is 11.5. The summed E-state index contributed by atoms with van der Waals surface area (Å²) < 4.78 is 0. The summed E-state index contributed by atoms with van der Waals surface area (Å²) in [5, 5.41) is 20.3. The van der Waals surface area contributed by atoms with Gasteiger partial charge in [0.2, 0.25) is 5.91 Å². The van der Waals surface area contributed by atoms with Crippen LogP contribution in [0, 0.1) is 28.4 Å². The summed E-state index contributed by atoms with van der Waals surface area (Å²) >= 11 is 0. The van der Waals surface area contributed by atoms with Crippen LogP contribution < -0.4 is 4.90 Å². The second kappa shape index (κ2) is 6.13. The zero-order valence-corrected chi connectivity index (χ0v) is 13.2. The van der Waals surface area contributed by atoms with E-state index in [0.717, 1.165) is 16.7 Å². The molecule has 6 nitrogen and oxygen atoms in total. The maximum atomic E-state index is 12.4. The number of non-ortho nitro benzene ring substituents is 1. The minimum absolute atomic E-state index is 0.0244. The second-order valence-electron chi connectivity index (χ2n) is 5.77. The van der Waals surface area contributed by atoms with Gasteiger partial charge >= 0.3 is 0 Å². The molecule has 0 aliphatic carbocycles. The first-order valence-corrected chi connectivity index (χ1v) is 7.57. The third-order valence-corrected chi connectivity index (χ3v) is 4.27. The summed E-state index contributed by atoms with van der Waals surface area (Å²) in [5.41, 5.74) is 3.70. The van der Waals surface area contributed by atoms with Gasteiger partial charge in [0.15, 0.2) is 0 Å². The van der Waals surface area contributed by atoms with Gasteiger partial charge in [0.1, 0.15) is 0 Å². The fourth-order valence-electron chi connectivity index (χ4n) is 3.02. The number of anilines is 1. The summed E-state index contributed by atoms with van der Waals surface area (Å²) in [6.07, 6.45) is 0.799. The molecule has 0 N–H and O–H groups in total. The van der Waals surface area contributed by atoms with E-state index in [1.54, 1.807) is 11.0 Å². The van der Waals surface area contributed by atoms with E-state index >= 15 is 0 Å². The van der Waals surface area contributed by atoms with E-state index < -0.39 is 4.92 Å². The van der Waals surface area contributed by atoms with Crippen molar-refractivity contribution in [2.75, 3.05) is 4.90 Å². The summed E-state index contributed by atoms with van der Waals surface area (Å²) in [5.74, 6) is -0.0400. The van der Waals surface area contributed by atoms with E-state index in [4.69, 9.17) is 0 Å². The third-order valence-electron chi connectivity index (χ3n) is 4.27. The molecule has 1 amide bonds. The standard InChI is InChI=1S/C18H15N3O3/c1-12-3-2-4-14(16(12)10-19)11-20-17-7-6-15(21(23)24)9-13(17)5-8-18(20)22/h2-4,6-7,9H,5,8,11H2,1H3. The molecule has 1 heterocycles. The molecule has 0 spiro atoms. The van der Waals surface area contributed by atoms with Crippen LogP contribution in [0.25, 0.3) is 0 Å². The molecule has 2 aromatic carbocycles. The van der Waals surface area contributed by atoms with Gasteiger partial charge < -0.3 is 4.90 Å². The Morgan fingerprint density at radius 3 is 2.79 bits per heavy atom. The number of fused-ring (bicyclic) bond motifs is 1. The van der Waals surface area contributed by atoms with Crippen LogP contribution in [-0.2, 0) is 17.8 Å². The van der Waals surface area contributed by atoms with Crippen molar-refractivity contribution in [2.24, 2.45) is 0 Å². The van der Waals surface area contributed by atoms with E-state index in [1.807, 2.05) is 25.1 Å². The SMILES string of the molecule is Cc1cccc(CN2C(=O)CCc3cc([N+](=O)[O-])ccc32)c1C#N. The van der Waals surface area contributed by atoms with Crippen molar-refractivity contribution in [1.29, 1.82) is 5.26 Å². The van der Waals surface area contributed by atoms with Crippen molar-refractivity contribution in [2.45, 2.75) is 26.3 Å². The van der Waals surface area contributed by atoms with Crippen LogP contribution in [0.5, 0.6) is 0 Å². The molecule has 120 valence electrons. The molecular formula is C18H15N3O3. The first-order valence-electron chi connectivity index (χ1n) is 7.57. The van der Waals surface area contributed by atoms with Crippen molar-refractivity contribution >= 4 is 17.3 Å². The third kappa shape index (κ3) is 2.72.